The predicted molar refractivity (Wildman–Crippen MR) is 256 cm³/mol. The van der Waals surface area contributed by atoms with Gasteiger partial charge in [0.1, 0.15) is 11.5 Å². The molecule has 0 fully saturated rings. The van der Waals surface area contributed by atoms with Crippen molar-refractivity contribution >= 4 is 49.6 Å². The molecular weight excluding hydrogens is 753 g/mol. The molecule has 10 aromatic carbocycles. The Morgan fingerprint density at radius 2 is 0.968 bits per heavy atom. The molecule has 62 heavy (non-hydrogen) atoms. The number of aromatic nitrogens is 1. The molecule has 11 aromatic rings. The van der Waals surface area contributed by atoms with E-state index in [9.17, 15) is 0 Å². The largest absolute Gasteiger partial charge is 0.457 e. The van der Waals surface area contributed by atoms with Crippen LogP contribution in [0.2, 0.25) is 0 Å². The Morgan fingerprint density at radius 3 is 1.76 bits per heavy atom. The fourth-order valence-electron chi connectivity index (χ4n) is 10.8. The summed E-state index contributed by atoms with van der Waals surface area (Å²) in [4.78, 5) is 2.50. The monoisotopic (exact) mass is 790 g/mol. The number of hydrogen-bond acceptors (Lipinski definition) is 2. The maximum atomic E-state index is 6.72. The second-order valence-electron chi connectivity index (χ2n) is 16.4. The molecule has 0 saturated carbocycles. The Balaban J connectivity index is 1.14. The first kappa shape index (κ1) is 34.7. The molecule has 1 aromatic heterocycles. The summed E-state index contributed by atoms with van der Waals surface area (Å²) in [6, 6.07) is 84.0. The quantitative estimate of drug-likeness (QED) is 0.173. The average Bonchev–Trinajstić information content (AvgIpc) is 3.68. The van der Waals surface area contributed by atoms with Gasteiger partial charge in [-0.1, -0.05) is 170 Å². The van der Waals surface area contributed by atoms with Gasteiger partial charge in [0.05, 0.1) is 27.8 Å². The van der Waals surface area contributed by atoms with Crippen molar-refractivity contribution < 1.29 is 4.74 Å². The highest BCUT2D eigenvalue weighted by Gasteiger charge is 2.49. The average molecular weight is 791 g/mol. The smallest absolute Gasteiger partial charge is 0.132 e. The van der Waals surface area contributed by atoms with Crippen molar-refractivity contribution in [2.75, 3.05) is 4.90 Å². The van der Waals surface area contributed by atoms with Gasteiger partial charge in [0.15, 0.2) is 0 Å². The molecule has 1 spiro atoms. The highest BCUT2D eigenvalue weighted by atomic mass is 16.5. The van der Waals surface area contributed by atoms with Crippen molar-refractivity contribution in [2.45, 2.75) is 5.41 Å². The molecule has 1 aliphatic heterocycles. The number of benzene rings is 10. The van der Waals surface area contributed by atoms with Gasteiger partial charge < -0.3 is 14.2 Å². The number of nitrogens with zero attached hydrogens (tertiary/aromatic N) is 2. The van der Waals surface area contributed by atoms with Crippen LogP contribution in [0.3, 0.4) is 0 Å². The van der Waals surface area contributed by atoms with Gasteiger partial charge in [0.25, 0.3) is 0 Å². The maximum absolute atomic E-state index is 6.72. The van der Waals surface area contributed by atoms with E-state index in [2.05, 4.69) is 240 Å². The third-order valence-corrected chi connectivity index (χ3v) is 13.2. The van der Waals surface area contributed by atoms with Gasteiger partial charge in [0, 0.05) is 44.2 Å². The molecular formula is C59H38N2O. The van der Waals surface area contributed by atoms with E-state index in [0.29, 0.717) is 0 Å². The SMILES string of the molecule is c1ccc(-c2ccccc2N(c2ccc3c(c2)c2ccccc2n3-c2ccccc2)c2ccc3c4c(cccc24)C2(c4ccccc4Oc4ccccc42)c2ccccc2-3)cc1. The molecule has 13 rings (SSSR count). The van der Waals surface area contributed by atoms with E-state index in [1.54, 1.807) is 0 Å². The number of fused-ring (bicyclic) bond motifs is 11. The second-order valence-corrected chi connectivity index (χ2v) is 16.4. The minimum atomic E-state index is -0.613. The van der Waals surface area contributed by atoms with Gasteiger partial charge in [-0.05, 0) is 93.9 Å². The van der Waals surface area contributed by atoms with E-state index in [4.69, 9.17) is 4.74 Å². The third kappa shape index (κ3) is 4.82. The molecule has 1 aliphatic carbocycles. The minimum absolute atomic E-state index is 0.613. The molecule has 0 saturated heterocycles. The van der Waals surface area contributed by atoms with Crippen LogP contribution in [0.15, 0.2) is 231 Å². The fraction of sp³-hybridized carbons (Fsp3) is 0.0169. The summed E-state index contributed by atoms with van der Waals surface area (Å²) in [5, 5.41) is 4.86. The van der Waals surface area contributed by atoms with Crippen LogP contribution in [0.5, 0.6) is 11.5 Å². The van der Waals surface area contributed by atoms with Gasteiger partial charge in [-0.3, -0.25) is 0 Å². The van der Waals surface area contributed by atoms with Gasteiger partial charge >= 0.3 is 0 Å². The van der Waals surface area contributed by atoms with Crippen LogP contribution in [-0.2, 0) is 5.41 Å². The topological polar surface area (TPSA) is 17.4 Å². The number of para-hydroxylation sites is 5. The summed E-state index contributed by atoms with van der Waals surface area (Å²) in [5.74, 6) is 1.78. The van der Waals surface area contributed by atoms with Crippen LogP contribution in [-0.4, -0.2) is 4.57 Å². The lowest BCUT2D eigenvalue weighted by Gasteiger charge is -2.45. The van der Waals surface area contributed by atoms with E-state index >= 15 is 0 Å². The molecule has 3 heteroatoms. The van der Waals surface area contributed by atoms with Crippen molar-refractivity contribution in [2.24, 2.45) is 0 Å². The maximum Gasteiger partial charge on any atom is 0.132 e. The molecule has 2 aliphatic rings. The van der Waals surface area contributed by atoms with E-state index < -0.39 is 5.41 Å². The second kappa shape index (κ2) is 13.4. The van der Waals surface area contributed by atoms with Gasteiger partial charge in [-0.25, -0.2) is 0 Å². The van der Waals surface area contributed by atoms with Crippen LogP contribution in [0.4, 0.5) is 17.1 Å². The lowest BCUT2D eigenvalue weighted by molar-refractivity contribution is 0.435. The van der Waals surface area contributed by atoms with Crippen LogP contribution in [0.1, 0.15) is 22.3 Å². The number of hydrogen-bond donors (Lipinski definition) is 0. The van der Waals surface area contributed by atoms with E-state index in [0.717, 1.165) is 50.9 Å². The number of rotatable bonds is 5. The Kier molecular flexibility index (Phi) is 7.52. The van der Waals surface area contributed by atoms with Crippen LogP contribution < -0.4 is 9.64 Å². The molecule has 3 nitrogen and oxygen atoms in total. The first-order valence-corrected chi connectivity index (χ1v) is 21.4. The first-order chi connectivity index (χ1) is 30.8. The molecule has 0 bridgehead atoms. The summed E-state index contributed by atoms with van der Waals surface area (Å²) in [6.07, 6.45) is 0. The van der Waals surface area contributed by atoms with Crippen molar-refractivity contribution in [3.05, 3.63) is 253 Å². The lowest BCUT2D eigenvalue weighted by Crippen LogP contribution is -2.36. The van der Waals surface area contributed by atoms with E-state index in [-0.39, 0.29) is 0 Å². The molecule has 0 unspecified atom stereocenters. The zero-order valence-electron chi connectivity index (χ0n) is 33.7. The Labute approximate surface area is 360 Å². The standard InChI is InChI=1S/C59H38N2O/c1-3-18-39(19-4-1)42-22-8-13-30-52(42)61(41-34-36-55-47(38-41)44-24-9-14-31-53(44)60(55)40-20-5-2-6-21-40)54-37-35-45-43-23-7-10-26-48(43)59(51-29-17-25-46(54)58(45)51)49-27-11-15-32-56(49)62-57-33-16-12-28-50(57)59/h1-38H. The normalized spacial score (nSPS) is 13.1. The van der Waals surface area contributed by atoms with E-state index in [1.807, 2.05) is 0 Å². The highest BCUT2D eigenvalue weighted by molar-refractivity contribution is 6.14. The molecule has 0 radical (unpaired) electrons. The Bertz CT molecular complexity index is 3520. The molecule has 0 N–H and O–H groups in total. The first-order valence-electron chi connectivity index (χ1n) is 21.4. The molecule has 2 heterocycles. The van der Waals surface area contributed by atoms with Crippen molar-refractivity contribution in [3.8, 4) is 39.4 Å². The van der Waals surface area contributed by atoms with E-state index in [1.165, 1.54) is 60.4 Å². The van der Waals surface area contributed by atoms with Crippen LogP contribution >= 0.6 is 0 Å². The van der Waals surface area contributed by atoms with Crippen LogP contribution in [0.25, 0.3) is 60.5 Å². The van der Waals surface area contributed by atoms with Crippen LogP contribution in [0, 0.1) is 0 Å². The molecule has 0 amide bonds. The zero-order chi connectivity index (χ0) is 40.8. The third-order valence-electron chi connectivity index (χ3n) is 13.2. The minimum Gasteiger partial charge on any atom is -0.457 e. The summed E-state index contributed by atoms with van der Waals surface area (Å²) in [6.45, 7) is 0. The summed E-state index contributed by atoms with van der Waals surface area (Å²) >= 11 is 0. The van der Waals surface area contributed by atoms with Gasteiger partial charge in [-0.2, -0.15) is 0 Å². The number of anilines is 3. The summed E-state index contributed by atoms with van der Waals surface area (Å²) < 4.78 is 9.11. The fourth-order valence-corrected chi connectivity index (χ4v) is 10.8. The number of ether oxygens (including phenoxy) is 1. The predicted octanol–water partition coefficient (Wildman–Crippen LogP) is 15.5. The molecule has 0 atom stereocenters. The molecule has 290 valence electrons. The summed E-state index contributed by atoms with van der Waals surface area (Å²) in [7, 11) is 0. The summed E-state index contributed by atoms with van der Waals surface area (Å²) in [5.41, 5.74) is 15.8. The van der Waals surface area contributed by atoms with Crippen molar-refractivity contribution in [1.82, 2.24) is 4.57 Å². The Hall–Kier alpha value is -8.14. The Morgan fingerprint density at radius 1 is 0.371 bits per heavy atom. The van der Waals surface area contributed by atoms with Crippen molar-refractivity contribution in [3.63, 3.8) is 0 Å². The highest BCUT2D eigenvalue weighted by Crippen LogP contribution is 2.62. The zero-order valence-corrected chi connectivity index (χ0v) is 33.7. The van der Waals surface area contributed by atoms with Gasteiger partial charge in [0.2, 0.25) is 0 Å². The lowest BCUT2D eigenvalue weighted by atomic mass is 9.58. The van der Waals surface area contributed by atoms with Gasteiger partial charge in [-0.15, -0.1) is 0 Å². The van der Waals surface area contributed by atoms with Crippen molar-refractivity contribution in [1.29, 1.82) is 0 Å².